The van der Waals surface area contributed by atoms with Crippen molar-refractivity contribution < 1.29 is 9.47 Å². The number of hydrogen-bond donors (Lipinski definition) is 1. The SMILES string of the molecule is CCCNCC1(CN(CC)CC2CCCO2)CCCOC1. The molecule has 0 bridgehead atoms. The van der Waals surface area contributed by atoms with Gasteiger partial charge in [-0.25, -0.2) is 0 Å². The minimum atomic E-state index is 0.294. The predicted molar refractivity (Wildman–Crippen MR) is 86.7 cm³/mol. The summed E-state index contributed by atoms with van der Waals surface area (Å²) in [7, 11) is 0. The summed E-state index contributed by atoms with van der Waals surface area (Å²) in [5.74, 6) is 0. The first-order chi connectivity index (χ1) is 10.3. The van der Waals surface area contributed by atoms with E-state index in [4.69, 9.17) is 9.47 Å². The van der Waals surface area contributed by atoms with Crippen LogP contribution in [0.2, 0.25) is 0 Å². The lowest BCUT2D eigenvalue weighted by Crippen LogP contribution is -2.50. The van der Waals surface area contributed by atoms with Gasteiger partial charge in [-0.1, -0.05) is 13.8 Å². The van der Waals surface area contributed by atoms with E-state index < -0.39 is 0 Å². The van der Waals surface area contributed by atoms with Gasteiger partial charge in [0, 0.05) is 38.3 Å². The molecule has 2 aliphatic heterocycles. The van der Waals surface area contributed by atoms with Crippen LogP contribution in [0, 0.1) is 5.41 Å². The van der Waals surface area contributed by atoms with Crippen molar-refractivity contribution >= 4 is 0 Å². The molecule has 1 N–H and O–H groups in total. The lowest BCUT2D eigenvalue weighted by Gasteiger charge is -2.41. The number of likely N-dealkylation sites (N-methyl/N-ethyl adjacent to an activating group) is 1. The number of rotatable bonds is 9. The van der Waals surface area contributed by atoms with Gasteiger partial charge in [-0.3, -0.25) is 0 Å². The normalized spacial score (nSPS) is 30.1. The van der Waals surface area contributed by atoms with E-state index in [1.54, 1.807) is 0 Å². The first kappa shape index (κ1) is 17.2. The summed E-state index contributed by atoms with van der Waals surface area (Å²) in [6.45, 7) is 12.8. The van der Waals surface area contributed by atoms with E-state index in [-0.39, 0.29) is 0 Å². The van der Waals surface area contributed by atoms with E-state index in [9.17, 15) is 0 Å². The van der Waals surface area contributed by atoms with Crippen molar-refractivity contribution in [3.8, 4) is 0 Å². The van der Waals surface area contributed by atoms with Gasteiger partial charge in [-0.15, -0.1) is 0 Å². The molecule has 0 radical (unpaired) electrons. The van der Waals surface area contributed by atoms with Crippen LogP contribution in [0.25, 0.3) is 0 Å². The Balaban J connectivity index is 1.87. The molecule has 2 unspecified atom stereocenters. The molecule has 2 rings (SSSR count). The Morgan fingerprint density at radius 1 is 1.24 bits per heavy atom. The van der Waals surface area contributed by atoms with Crippen LogP contribution in [-0.2, 0) is 9.47 Å². The molecule has 0 spiro atoms. The minimum Gasteiger partial charge on any atom is -0.381 e. The zero-order chi connectivity index (χ0) is 15.0. The molecule has 0 amide bonds. The Hall–Kier alpha value is -0.160. The van der Waals surface area contributed by atoms with Crippen LogP contribution in [0.3, 0.4) is 0 Å². The summed E-state index contributed by atoms with van der Waals surface area (Å²) in [5, 5.41) is 3.63. The summed E-state index contributed by atoms with van der Waals surface area (Å²) in [6, 6.07) is 0. The van der Waals surface area contributed by atoms with Gasteiger partial charge in [-0.05, 0) is 45.2 Å². The smallest absolute Gasteiger partial charge is 0.0702 e. The molecule has 2 aliphatic rings. The second kappa shape index (κ2) is 9.09. The maximum Gasteiger partial charge on any atom is 0.0702 e. The predicted octanol–water partition coefficient (Wildman–Crippen LogP) is 2.28. The van der Waals surface area contributed by atoms with Gasteiger partial charge in [0.1, 0.15) is 0 Å². The molecule has 0 saturated carbocycles. The molecule has 2 saturated heterocycles. The van der Waals surface area contributed by atoms with E-state index in [1.165, 1.54) is 32.1 Å². The standard InChI is InChI=1S/C17H34N2O2/c1-3-9-18-13-17(8-6-10-20-15-17)14-19(4-2)12-16-7-5-11-21-16/h16,18H,3-15H2,1-2H3. The minimum absolute atomic E-state index is 0.294. The molecule has 21 heavy (non-hydrogen) atoms. The highest BCUT2D eigenvalue weighted by Crippen LogP contribution is 2.29. The van der Waals surface area contributed by atoms with E-state index in [0.717, 1.165) is 52.5 Å². The molecular formula is C17H34N2O2. The van der Waals surface area contributed by atoms with Crippen LogP contribution in [0.5, 0.6) is 0 Å². The third-order valence-corrected chi connectivity index (χ3v) is 4.82. The molecule has 2 heterocycles. The van der Waals surface area contributed by atoms with Gasteiger partial charge in [0.25, 0.3) is 0 Å². The first-order valence-electron chi connectivity index (χ1n) is 8.90. The van der Waals surface area contributed by atoms with Gasteiger partial charge in [0.2, 0.25) is 0 Å². The Morgan fingerprint density at radius 2 is 2.14 bits per heavy atom. The summed E-state index contributed by atoms with van der Waals surface area (Å²) < 4.78 is 11.7. The molecule has 4 nitrogen and oxygen atoms in total. The van der Waals surface area contributed by atoms with Crippen LogP contribution in [-0.4, -0.2) is 63.5 Å². The molecule has 0 aromatic heterocycles. The van der Waals surface area contributed by atoms with E-state index in [1.807, 2.05) is 0 Å². The first-order valence-corrected chi connectivity index (χ1v) is 8.90. The zero-order valence-corrected chi connectivity index (χ0v) is 14.0. The van der Waals surface area contributed by atoms with Crippen molar-refractivity contribution in [2.75, 3.05) is 52.5 Å². The van der Waals surface area contributed by atoms with Crippen molar-refractivity contribution in [2.24, 2.45) is 5.41 Å². The van der Waals surface area contributed by atoms with Gasteiger partial charge in [0.05, 0.1) is 12.7 Å². The molecule has 0 aromatic carbocycles. The summed E-state index contributed by atoms with van der Waals surface area (Å²) in [4.78, 5) is 2.58. The summed E-state index contributed by atoms with van der Waals surface area (Å²) >= 11 is 0. The van der Waals surface area contributed by atoms with Crippen LogP contribution in [0.4, 0.5) is 0 Å². The van der Waals surface area contributed by atoms with Gasteiger partial charge in [0.15, 0.2) is 0 Å². The van der Waals surface area contributed by atoms with Crippen LogP contribution in [0.15, 0.2) is 0 Å². The number of nitrogens with one attached hydrogen (secondary N) is 1. The van der Waals surface area contributed by atoms with Crippen molar-refractivity contribution in [2.45, 2.75) is 52.1 Å². The van der Waals surface area contributed by atoms with Gasteiger partial charge >= 0.3 is 0 Å². The molecule has 2 atom stereocenters. The van der Waals surface area contributed by atoms with Crippen LogP contribution < -0.4 is 5.32 Å². The molecule has 4 heteroatoms. The lowest BCUT2D eigenvalue weighted by atomic mass is 9.81. The van der Waals surface area contributed by atoms with Crippen LogP contribution >= 0.6 is 0 Å². The summed E-state index contributed by atoms with van der Waals surface area (Å²) in [6.07, 6.45) is 6.60. The maximum absolute atomic E-state index is 5.83. The monoisotopic (exact) mass is 298 g/mol. The Labute approximate surface area is 130 Å². The van der Waals surface area contributed by atoms with Crippen molar-refractivity contribution in [1.82, 2.24) is 10.2 Å². The average molecular weight is 298 g/mol. The van der Waals surface area contributed by atoms with Crippen LogP contribution in [0.1, 0.15) is 46.0 Å². The Kier molecular flexibility index (Phi) is 7.44. The zero-order valence-electron chi connectivity index (χ0n) is 14.0. The number of hydrogen-bond acceptors (Lipinski definition) is 4. The molecule has 2 fully saturated rings. The molecule has 0 aliphatic carbocycles. The second-order valence-electron chi connectivity index (χ2n) is 6.80. The highest BCUT2D eigenvalue weighted by Gasteiger charge is 2.35. The van der Waals surface area contributed by atoms with E-state index in [2.05, 4.69) is 24.1 Å². The summed E-state index contributed by atoms with van der Waals surface area (Å²) in [5.41, 5.74) is 0.294. The number of nitrogens with zero attached hydrogens (tertiary/aromatic N) is 1. The fourth-order valence-electron chi connectivity index (χ4n) is 3.62. The third-order valence-electron chi connectivity index (χ3n) is 4.82. The average Bonchev–Trinajstić information content (AvgIpc) is 3.01. The molecule has 0 aromatic rings. The molecule has 124 valence electrons. The van der Waals surface area contributed by atoms with Crippen molar-refractivity contribution in [3.05, 3.63) is 0 Å². The quantitative estimate of drug-likeness (QED) is 0.662. The lowest BCUT2D eigenvalue weighted by molar-refractivity contribution is -0.0325. The fraction of sp³-hybridized carbons (Fsp3) is 1.00. The van der Waals surface area contributed by atoms with Gasteiger partial charge < -0.3 is 19.7 Å². The van der Waals surface area contributed by atoms with Crippen molar-refractivity contribution in [3.63, 3.8) is 0 Å². The Bertz CT molecular complexity index is 274. The highest BCUT2D eigenvalue weighted by atomic mass is 16.5. The van der Waals surface area contributed by atoms with Crippen molar-refractivity contribution in [1.29, 1.82) is 0 Å². The Morgan fingerprint density at radius 3 is 2.76 bits per heavy atom. The third kappa shape index (κ3) is 5.51. The van der Waals surface area contributed by atoms with E-state index in [0.29, 0.717) is 11.5 Å². The number of ether oxygens (including phenoxy) is 2. The topological polar surface area (TPSA) is 33.7 Å². The van der Waals surface area contributed by atoms with Gasteiger partial charge in [-0.2, -0.15) is 0 Å². The molecular weight excluding hydrogens is 264 g/mol. The highest BCUT2D eigenvalue weighted by molar-refractivity contribution is 4.88. The second-order valence-corrected chi connectivity index (χ2v) is 6.80. The largest absolute Gasteiger partial charge is 0.381 e. The van der Waals surface area contributed by atoms with E-state index >= 15 is 0 Å². The maximum atomic E-state index is 5.83. The fourth-order valence-corrected chi connectivity index (χ4v) is 3.62.